The van der Waals surface area contributed by atoms with E-state index in [4.69, 9.17) is 13.9 Å². The predicted octanol–water partition coefficient (Wildman–Crippen LogP) is 4.13. The Hall–Kier alpha value is -4.23. The van der Waals surface area contributed by atoms with Crippen molar-refractivity contribution >= 4 is 29.3 Å². The fraction of sp³-hybridized carbons (Fsp3) is 0.318. The topological polar surface area (TPSA) is 128 Å². The van der Waals surface area contributed by atoms with Gasteiger partial charge in [-0.05, 0) is 31.7 Å². The van der Waals surface area contributed by atoms with Crippen molar-refractivity contribution in [1.29, 1.82) is 0 Å². The van der Waals surface area contributed by atoms with E-state index in [-0.39, 0.29) is 29.6 Å². The SMILES string of the molecule is COC(=O)[C@H]1CC[C@H](Oc2ccc(NC(=O)c3nnc(Nc4cc(F)c(F)cc4F)o3)c(F)n2)CC1. The summed E-state index contributed by atoms with van der Waals surface area (Å²) in [6, 6.07) is 2.94. The lowest BCUT2D eigenvalue weighted by molar-refractivity contribution is -0.147. The van der Waals surface area contributed by atoms with E-state index >= 15 is 0 Å². The van der Waals surface area contributed by atoms with E-state index in [9.17, 15) is 27.2 Å². The average molecular weight is 509 g/mol. The summed E-state index contributed by atoms with van der Waals surface area (Å²) in [5, 5.41) is 11.3. The van der Waals surface area contributed by atoms with Crippen molar-refractivity contribution in [2.75, 3.05) is 17.7 Å². The Morgan fingerprint density at radius 3 is 2.39 bits per heavy atom. The van der Waals surface area contributed by atoms with E-state index in [0.29, 0.717) is 37.8 Å². The fourth-order valence-corrected chi connectivity index (χ4v) is 3.61. The van der Waals surface area contributed by atoms with Gasteiger partial charge in [0.1, 0.15) is 11.9 Å². The zero-order chi connectivity index (χ0) is 25.8. The highest BCUT2D eigenvalue weighted by atomic mass is 19.2. The van der Waals surface area contributed by atoms with Gasteiger partial charge < -0.3 is 24.5 Å². The van der Waals surface area contributed by atoms with Gasteiger partial charge >= 0.3 is 23.8 Å². The van der Waals surface area contributed by atoms with Crippen LogP contribution in [-0.4, -0.2) is 40.3 Å². The molecule has 0 aliphatic heterocycles. The molecule has 4 rings (SSSR count). The number of benzene rings is 1. The molecule has 0 saturated heterocycles. The molecule has 0 atom stereocenters. The number of anilines is 3. The van der Waals surface area contributed by atoms with Crippen LogP contribution in [0, 0.1) is 29.3 Å². The standard InChI is InChI=1S/C22H19F4N5O5/c1-34-21(33)10-2-4-11(5-3-10)35-17-7-6-15(18(26)29-17)27-19(32)20-30-31-22(36-20)28-16-9-13(24)12(23)8-14(16)25/h6-11H,2-5H2,1H3,(H,27,32)(H,28,31)/t10-,11-. The second-order valence-electron chi connectivity index (χ2n) is 7.84. The Labute approximate surface area is 201 Å². The zero-order valence-electron chi connectivity index (χ0n) is 18.7. The van der Waals surface area contributed by atoms with E-state index in [0.717, 1.165) is 0 Å². The summed E-state index contributed by atoms with van der Waals surface area (Å²) in [5.74, 6) is -6.95. The lowest BCUT2D eigenvalue weighted by atomic mass is 9.87. The molecule has 0 spiro atoms. The van der Waals surface area contributed by atoms with Crippen LogP contribution in [0.2, 0.25) is 0 Å². The highest BCUT2D eigenvalue weighted by Crippen LogP contribution is 2.29. The van der Waals surface area contributed by atoms with Crippen LogP contribution in [0.15, 0.2) is 28.7 Å². The molecule has 14 heteroatoms. The number of rotatable bonds is 7. The Bertz CT molecular complexity index is 1280. The van der Waals surface area contributed by atoms with Crippen LogP contribution < -0.4 is 15.4 Å². The molecule has 1 saturated carbocycles. The summed E-state index contributed by atoms with van der Waals surface area (Å²) in [6.45, 7) is 0. The number of carbonyl (C=O) groups excluding carboxylic acids is 2. The number of hydrogen-bond acceptors (Lipinski definition) is 9. The van der Waals surface area contributed by atoms with Crippen molar-refractivity contribution < 1.29 is 41.0 Å². The van der Waals surface area contributed by atoms with Gasteiger partial charge in [-0.15, -0.1) is 5.10 Å². The number of esters is 1. The molecular weight excluding hydrogens is 490 g/mol. The molecule has 190 valence electrons. The Morgan fingerprint density at radius 1 is 0.972 bits per heavy atom. The lowest BCUT2D eigenvalue weighted by Crippen LogP contribution is -2.28. The first kappa shape index (κ1) is 24.9. The minimum Gasteiger partial charge on any atom is -0.474 e. The van der Waals surface area contributed by atoms with Gasteiger partial charge in [-0.1, -0.05) is 5.10 Å². The molecule has 2 aromatic heterocycles. The minimum atomic E-state index is -1.39. The summed E-state index contributed by atoms with van der Waals surface area (Å²) < 4.78 is 70.0. The van der Waals surface area contributed by atoms with Crippen LogP contribution in [-0.2, 0) is 9.53 Å². The molecule has 2 heterocycles. The van der Waals surface area contributed by atoms with Gasteiger partial charge in [0.2, 0.25) is 11.8 Å². The molecule has 1 aromatic carbocycles. The van der Waals surface area contributed by atoms with Crippen molar-refractivity contribution in [2.24, 2.45) is 5.92 Å². The average Bonchev–Trinajstić information content (AvgIpc) is 3.33. The van der Waals surface area contributed by atoms with Gasteiger partial charge in [0.15, 0.2) is 11.6 Å². The molecule has 1 aliphatic rings. The van der Waals surface area contributed by atoms with Crippen molar-refractivity contribution in [3.05, 3.63) is 53.6 Å². The van der Waals surface area contributed by atoms with E-state index in [1.807, 2.05) is 0 Å². The van der Waals surface area contributed by atoms with Gasteiger partial charge in [-0.3, -0.25) is 9.59 Å². The first-order valence-corrected chi connectivity index (χ1v) is 10.7. The predicted molar refractivity (Wildman–Crippen MR) is 114 cm³/mol. The summed E-state index contributed by atoms with van der Waals surface area (Å²) in [5.41, 5.74) is -0.810. The molecular formula is C22H19F4N5O5. The van der Waals surface area contributed by atoms with Crippen LogP contribution >= 0.6 is 0 Å². The number of nitrogens with one attached hydrogen (secondary N) is 2. The van der Waals surface area contributed by atoms with E-state index < -0.39 is 46.9 Å². The maximum atomic E-state index is 14.4. The maximum absolute atomic E-state index is 14.4. The minimum absolute atomic E-state index is 0.00449. The number of halogens is 4. The van der Waals surface area contributed by atoms with Crippen molar-refractivity contribution in [2.45, 2.75) is 31.8 Å². The zero-order valence-corrected chi connectivity index (χ0v) is 18.7. The van der Waals surface area contributed by atoms with E-state index in [1.54, 1.807) is 0 Å². The van der Waals surface area contributed by atoms with Gasteiger partial charge in [0, 0.05) is 18.2 Å². The number of pyridine rings is 1. The van der Waals surface area contributed by atoms with Gasteiger partial charge in [0.25, 0.3) is 0 Å². The van der Waals surface area contributed by atoms with Crippen LogP contribution in [0.25, 0.3) is 0 Å². The number of nitrogens with zero attached hydrogens (tertiary/aromatic N) is 3. The number of ether oxygens (including phenoxy) is 2. The molecule has 10 nitrogen and oxygen atoms in total. The second-order valence-corrected chi connectivity index (χ2v) is 7.84. The molecule has 2 N–H and O–H groups in total. The third-order valence-electron chi connectivity index (χ3n) is 5.44. The maximum Gasteiger partial charge on any atom is 0.320 e. The van der Waals surface area contributed by atoms with Crippen molar-refractivity contribution in [3.8, 4) is 5.88 Å². The van der Waals surface area contributed by atoms with Gasteiger partial charge in [-0.2, -0.15) is 9.37 Å². The van der Waals surface area contributed by atoms with Gasteiger partial charge in [0.05, 0.1) is 24.4 Å². The van der Waals surface area contributed by atoms with Gasteiger partial charge in [-0.25, -0.2) is 13.2 Å². The van der Waals surface area contributed by atoms with Crippen LogP contribution in [0.3, 0.4) is 0 Å². The van der Waals surface area contributed by atoms with E-state index in [2.05, 4.69) is 25.8 Å². The molecule has 1 aliphatic carbocycles. The molecule has 1 fully saturated rings. The number of hydrogen-bond donors (Lipinski definition) is 2. The summed E-state index contributed by atoms with van der Waals surface area (Å²) in [4.78, 5) is 27.6. The Balaban J connectivity index is 1.34. The third kappa shape index (κ3) is 5.70. The summed E-state index contributed by atoms with van der Waals surface area (Å²) in [6.07, 6.45) is 2.06. The first-order valence-electron chi connectivity index (χ1n) is 10.7. The third-order valence-corrected chi connectivity index (χ3v) is 5.44. The molecule has 1 amide bonds. The van der Waals surface area contributed by atoms with E-state index in [1.165, 1.54) is 19.2 Å². The molecule has 0 bridgehead atoms. The Kier molecular flexibility index (Phi) is 7.31. The highest BCUT2D eigenvalue weighted by Gasteiger charge is 2.28. The van der Waals surface area contributed by atoms with Crippen LogP contribution in [0.1, 0.15) is 36.4 Å². The van der Waals surface area contributed by atoms with Crippen molar-refractivity contribution in [3.63, 3.8) is 0 Å². The lowest BCUT2D eigenvalue weighted by Gasteiger charge is -2.27. The number of amides is 1. The normalized spacial score (nSPS) is 17.4. The molecule has 0 radical (unpaired) electrons. The fourth-order valence-electron chi connectivity index (χ4n) is 3.61. The largest absolute Gasteiger partial charge is 0.474 e. The summed E-state index contributed by atoms with van der Waals surface area (Å²) in [7, 11) is 1.34. The quantitative estimate of drug-likeness (QED) is 0.209. The first-order chi connectivity index (χ1) is 17.2. The smallest absolute Gasteiger partial charge is 0.320 e. The monoisotopic (exact) mass is 509 g/mol. The van der Waals surface area contributed by atoms with Crippen LogP contribution in [0.4, 0.5) is 35.0 Å². The number of carbonyl (C=O) groups is 2. The second kappa shape index (κ2) is 10.6. The molecule has 36 heavy (non-hydrogen) atoms. The number of methoxy groups -OCH3 is 1. The molecule has 3 aromatic rings. The summed E-state index contributed by atoms with van der Waals surface area (Å²) >= 11 is 0. The molecule has 0 unspecified atom stereocenters. The van der Waals surface area contributed by atoms with Crippen molar-refractivity contribution in [1.82, 2.24) is 15.2 Å². The Morgan fingerprint density at radius 2 is 1.69 bits per heavy atom. The number of aromatic nitrogens is 3. The van der Waals surface area contributed by atoms with Crippen LogP contribution in [0.5, 0.6) is 5.88 Å². The highest BCUT2D eigenvalue weighted by molar-refractivity contribution is 6.00.